The normalized spacial score (nSPS) is 10.4. The molecule has 2 amide bonds. The number of nitrogens with one attached hydrogen (secondary N) is 1. The Kier molecular flexibility index (Phi) is 6.06. The van der Waals surface area contributed by atoms with Gasteiger partial charge < -0.3 is 10.2 Å². The minimum Gasteiger partial charge on any atom is -0.337 e. The highest BCUT2D eigenvalue weighted by molar-refractivity contribution is 6.31. The van der Waals surface area contributed by atoms with Crippen molar-refractivity contribution in [1.29, 1.82) is 0 Å². The van der Waals surface area contributed by atoms with E-state index in [2.05, 4.69) is 10.3 Å². The molecule has 2 aromatic carbocycles. The lowest BCUT2D eigenvalue weighted by molar-refractivity contribution is 0.0785. The number of rotatable bonds is 5. The van der Waals surface area contributed by atoms with Crippen molar-refractivity contribution in [3.8, 4) is 0 Å². The predicted molar refractivity (Wildman–Crippen MR) is 111 cm³/mol. The van der Waals surface area contributed by atoms with E-state index in [1.165, 1.54) is 12.3 Å². The molecule has 0 unspecified atom stereocenters. The molecule has 0 spiro atoms. The van der Waals surface area contributed by atoms with Crippen LogP contribution in [0.15, 0.2) is 66.9 Å². The van der Waals surface area contributed by atoms with Crippen LogP contribution < -0.4 is 5.32 Å². The van der Waals surface area contributed by atoms with Gasteiger partial charge in [0.25, 0.3) is 11.8 Å². The number of carbonyl (C=O) groups is 2. The minimum absolute atomic E-state index is 0.165. The lowest BCUT2D eigenvalue weighted by Crippen LogP contribution is -2.26. The van der Waals surface area contributed by atoms with Crippen LogP contribution in [0.3, 0.4) is 0 Å². The van der Waals surface area contributed by atoms with Crippen molar-refractivity contribution in [3.63, 3.8) is 0 Å². The highest BCUT2D eigenvalue weighted by Gasteiger charge is 2.16. The number of benzene rings is 2. The van der Waals surface area contributed by atoms with E-state index in [0.717, 1.165) is 11.1 Å². The number of pyridine rings is 1. The summed E-state index contributed by atoms with van der Waals surface area (Å²) >= 11 is 6.00. The Bertz CT molecular complexity index is 1010. The average molecular weight is 394 g/mol. The largest absolute Gasteiger partial charge is 0.337 e. The molecule has 1 N–H and O–H groups in total. The summed E-state index contributed by atoms with van der Waals surface area (Å²) in [6.07, 6.45) is 1.46. The molecule has 0 bridgehead atoms. The first-order chi connectivity index (χ1) is 13.4. The van der Waals surface area contributed by atoms with E-state index in [4.69, 9.17) is 11.6 Å². The van der Waals surface area contributed by atoms with Gasteiger partial charge in [0.1, 0.15) is 5.69 Å². The molecule has 142 valence electrons. The van der Waals surface area contributed by atoms with Crippen LogP contribution in [0.25, 0.3) is 0 Å². The highest BCUT2D eigenvalue weighted by atomic mass is 35.5. The van der Waals surface area contributed by atoms with Crippen LogP contribution in [0.5, 0.6) is 0 Å². The SMILES string of the molecule is Cc1ccc(Cl)cc1NC(=O)c1cc(C(=O)N(C)Cc2ccccc2)ccn1. The molecule has 0 aliphatic heterocycles. The van der Waals surface area contributed by atoms with Gasteiger partial charge >= 0.3 is 0 Å². The smallest absolute Gasteiger partial charge is 0.274 e. The van der Waals surface area contributed by atoms with Gasteiger partial charge in [0.2, 0.25) is 0 Å². The van der Waals surface area contributed by atoms with E-state index in [1.54, 1.807) is 30.1 Å². The van der Waals surface area contributed by atoms with Crippen molar-refractivity contribution in [2.75, 3.05) is 12.4 Å². The van der Waals surface area contributed by atoms with Gasteiger partial charge in [-0.1, -0.05) is 48.0 Å². The molecular formula is C22H20ClN3O2. The number of aromatic nitrogens is 1. The van der Waals surface area contributed by atoms with E-state index in [1.807, 2.05) is 43.3 Å². The first-order valence-corrected chi connectivity index (χ1v) is 9.15. The van der Waals surface area contributed by atoms with E-state index < -0.39 is 5.91 Å². The van der Waals surface area contributed by atoms with Crippen LogP contribution in [-0.2, 0) is 6.54 Å². The third kappa shape index (κ3) is 4.75. The zero-order valence-corrected chi connectivity index (χ0v) is 16.4. The van der Waals surface area contributed by atoms with Crippen molar-refractivity contribution in [2.24, 2.45) is 0 Å². The predicted octanol–water partition coefficient (Wildman–Crippen LogP) is 4.57. The Labute approximate surface area is 169 Å². The number of hydrogen-bond acceptors (Lipinski definition) is 3. The molecule has 1 heterocycles. The fourth-order valence-electron chi connectivity index (χ4n) is 2.75. The molecule has 28 heavy (non-hydrogen) atoms. The number of anilines is 1. The zero-order valence-electron chi connectivity index (χ0n) is 15.6. The third-order valence-corrected chi connectivity index (χ3v) is 4.53. The van der Waals surface area contributed by atoms with Crippen LogP contribution in [0, 0.1) is 6.92 Å². The molecule has 0 saturated carbocycles. The second-order valence-corrected chi connectivity index (χ2v) is 6.93. The maximum absolute atomic E-state index is 12.7. The van der Waals surface area contributed by atoms with Gasteiger partial charge in [0, 0.05) is 36.1 Å². The van der Waals surface area contributed by atoms with Gasteiger partial charge in [-0.05, 0) is 42.3 Å². The summed E-state index contributed by atoms with van der Waals surface area (Å²) in [5, 5.41) is 3.32. The van der Waals surface area contributed by atoms with E-state index in [9.17, 15) is 9.59 Å². The summed E-state index contributed by atoms with van der Waals surface area (Å²) < 4.78 is 0. The fourth-order valence-corrected chi connectivity index (χ4v) is 2.92. The van der Waals surface area contributed by atoms with E-state index in [0.29, 0.717) is 22.8 Å². The summed E-state index contributed by atoms with van der Waals surface area (Å²) in [5.41, 5.74) is 3.09. The third-order valence-electron chi connectivity index (χ3n) is 4.30. The Hall–Kier alpha value is -3.18. The highest BCUT2D eigenvalue weighted by Crippen LogP contribution is 2.21. The minimum atomic E-state index is -0.397. The van der Waals surface area contributed by atoms with Crippen molar-refractivity contribution in [1.82, 2.24) is 9.88 Å². The van der Waals surface area contributed by atoms with Gasteiger partial charge in [0.05, 0.1) is 0 Å². The standard InChI is InChI=1S/C22H20ClN3O2/c1-15-8-9-18(23)13-19(15)25-21(27)20-12-17(10-11-24-20)22(28)26(2)14-16-6-4-3-5-7-16/h3-13H,14H2,1-2H3,(H,25,27). The molecule has 0 aliphatic rings. The van der Waals surface area contributed by atoms with Crippen LogP contribution in [0.1, 0.15) is 32.0 Å². The molecule has 1 aromatic heterocycles. The van der Waals surface area contributed by atoms with Gasteiger partial charge in [0.15, 0.2) is 0 Å². The van der Waals surface area contributed by atoms with Crippen LogP contribution in [-0.4, -0.2) is 28.7 Å². The monoisotopic (exact) mass is 393 g/mol. The van der Waals surface area contributed by atoms with Gasteiger partial charge in [-0.15, -0.1) is 0 Å². The van der Waals surface area contributed by atoms with Gasteiger partial charge in [-0.2, -0.15) is 0 Å². The Morgan fingerprint density at radius 2 is 1.82 bits per heavy atom. The molecule has 0 radical (unpaired) electrons. The van der Waals surface area contributed by atoms with Crippen LogP contribution in [0.2, 0.25) is 5.02 Å². The average Bonchev–Trinajstić information content (AvgIpc) is 2.71. The van der Waals surface area contributed by atoms with Crippen molar-refractivity contribution < 1.29 is 9.59 Å². The number of hydrogen-bond donors (Lipinski definition) is 1. The number of nitrogens with zero attached hydrogens (tertiary/aromatic N) is 2. The number of amides is 2. The maximum Gasteiger partial charge on any atom is 0.274 e. The molecule has 0 saturated heterocycles. The molecule has 0 atom stereocenters. The van der Waals surface area contributed by atoms with Crippen LogP contribution >= 0.6 is 11.6 Å². The van der Waals surface area contributed by atoms with E-state index in [-0.39, 0.29) is 11.6 Å². The quantitative estimate of drug-likeness (QED) is 0.690. The van der Waals surface area contributed by atoms with Gasteiger partial charge in [-0.3, -0.25) is 14.6 Å². The molecule has 6 heteroatoms. The Morgan fingerprint density at radius 3 is 2.57 bits per heavy atom. The summed E-state index contributed by atoms with van der Waals surface area (Å²) in [6, 6.07) is 18.1. The van der Waals surface area contributed by atoms with E-state index >= 15 is 0 Å². The molecule has 3 aromatic rings. The van der Waals surface area contributed by atoms with Crippen LogP contribution in [0.4, 0.5) is 5.69 Å². The molecular weight excluding hydrogens is 374 g/mol. The van der Waals surface area contributed by atoms with Crippen molar-refractivity contribution >= 4 is 29.1 Å². The van der Waals surface area contributed by atoms with Crippen molar-refractivity contribution in [2.45, 2.75) is 13.5 Å². The first-order valence-electron chi connectivity index (χ1n) is 8.77. The maximum atomic E-state index is 12.7. The fraction of sp³-hybridized carbons (Fsp3) is 0.136. The second-order valence-electron chi connectivity index (χ2n) is 6.49. The summed E-state index contributed by atoms with van der Waals surface area (Å²) in [4.78, 5) is 31.0. The summed E-state index contributed by atoms with van der Waals surface area (Å²) in [5.74, 6) is -0.579. The van der Waals surface area contributed by atoms with Crippen molar-refractivity contribution in [3.05, 3.63) is 94.3 Å². The number of aryl methyl sites for hydroxylation is 1. The topological polar surface area (TPSA) is 62.3 Å². The molecule has 3 rings (SSSR count). The lowest BCUT2D eigenvalue weighted by atomic mass is 10.1. The molecule has 0 aliphatic carbocycles. The molecule has 5 nitrogen and oxygen atoms in total. The summed E-state index contributed by atoms with van der Waals surface area (Å²) in [7, 11) is 1.73. The van der Waals surface area contributed by atoms with Gasteiger partial charge in [-0.25, -0.2) is 0 Å². The Morgan fingerprint density at radius 1 is 1.07 bits per heavy atom. The zero-order chi connectivity index (χ0) is 20.1. The molecule has 0 fully saturated rings. The number of carbonyl (C=O) groups excluding carboxylic acids is 2. The number of halogens is 1. The Balaban J connectivity index is 1.74. The summed E-state index contributed by atoms with van der Waals surface area (Å²) in [6.45, 7) is 2.35. The first kappa shape index (κ1) is 19.6. The lowest BCUT2D eigenvalue weighted by Gasteiger charge is -2.17. The second kappa shape index (κ2) is 8.67.